The first-order chi connectivity index (χ1) is 13.7. The van der Waals surface area contributed by atoms with Gasteiger partial charge < -0.3 is 10.1 Å². The normalized spacial score (nSPS) is 14.5. The maximum atomic E-state index is 12.5. The Hall–Kier alpha value is -2.73. The molecule has 1 atom stereocenters. The van der Waals surface area contributed by atoms with E-state index in [2.05, 4.69) is 27.0 Å². The molecule has 1 aromatic heterocycles. The number of hydrogen-bond acceptors (Lipinski definition) is 4. The quantitative estimate of drug-likeness (QED) is 0.608. The highest BCUT2D eigenvalue weighted by Gasteiger charge is 2.27. The molecule has 0 aliphatic heterocycles. The lowest BCUT2D eigenvalue weighted by Crippen LogP contribution is -2.32. The number of rotatable bonds is 7. The second kappa shape index (κ2) is 8.10. The minimum absolute atomic E-state index is 0.0586. The van der Waals surface area contributed by atoms with Crippen molar-refractivity contribution in [2.45, 2.75) is 36.2 Å². The number of carbonyl (C=O) groups is 1. The summed E-state index contributed by atoms with van der Waals surface area (Å²) in [5, 5.41) is 3.60. The zero-order valence-corrected chi connectivity index (χ0v) is 16.8. The summed E-state index contributed by atoms with van der Waals surface area (Å²) in [5.41, 5.74) is 2.92. The van der Waals surface area contributed by atoms with Crippen molar-refractivity contribution in [3.8, 4) is 22.7 Å². The molecule has 1 saturated carbocycles. The van der Waals surface area contributed by atoms with Crippen molar-refractivity contribution >= 4 is 17.7 Å². The molecule has 6 heteroatoms. The first-order valence-electron chi connectivity index (χ1n) is 9.41. The predicted molar refractivity (Wildman–Crippen MR) is 112 cm³/mol. The van der Waals surface area contributed by atoms with Crippen LogP contribution in [0.15, 0.2) is 66.0 Å². The highest BCUT2D eigenvalue weighted by Crippen LogP contribution is 2.35. The molecule has 1 aliphatic rings. The summed E-state index contributed by atoms with van der Waals surface area (Å²) in [6.07, 6.45) is 4.02. The molecular formula is C22H23N3O2S. The van der Waals surface area contributed by atoms with Crippen LogP contribution in [0.4, 0.5) is 0 Å². The highest BCUT2D eigenvalue weighted by molar-refractivity contribution is 8.00. The van der Waals surface area contributed by atoms with Crippen molar-refractivity contribution in [3.63, 3.8) is 0 Å². The second-order valence-corrected chi connectivity index (χ2v) is 8.15. The second-order valence-electron chi connectivity index (χ2n) is 6.84. The van der Waals surface area contributed by atoms with E-state index in [-0.39, 0.29) is 11.2 Å². The van der Waals surface area contributed by atoms with Crippen molar-refractivity contribution in [1.29, 1.82) is 0 Å². The summed E-state index contributed by atoms with van der Waals surface area (Å²) in [6.45, 7) is 1.92. The number of methoxy groups -OCH3 is 1. The molecule has 4 rings (SSSR count). The molecule has 28 heavy (non-hydrogen) atoms. The van der Waals surface area contributed by atoms with Crippen LogP contribution < -0.4 is 10.1 Å². The van der Waals surface area contributed by atoms with E-state index in [0.717, 1.165) is 40.7 Å². The van der Waals surface area contributed by atoms with Crippen molar-refractivity contribution < 1.29 is 9.53 Å². The average molecular weight is 394 g/mol. The van der Waals surface area contributed by atoms with Crippen LogP contribution in [0.3, 0.4) is 0 Å². The molecule has 2 aromatic carbocycles. The van der Waals surface area contributed by atoms with Crippen LogP contribution in [0.1, 0.15) is 19.8 Å². The lowest BCUT2D eigenvalue weighted by molar-refractivity contribution is -0.120. The monoisotopic (exact) mass is 393 g/mol. The Morgan fingerprint density at radius 2 is 1.89 bits per heavy atom. The number of thioether (sulfide) groups is 1. The zero-order valence-electron chi connectivity index (χ0n) is 16.0. The SMILES string of the molecule is COc1ccccc1-n1c(-c2ccccc2)cnc1S[C@H](C)C(=O)NC1CC1. The first-order valence-corrected chi connectivity index (χ1v) is 10.3. The number of imidazole rings is 1. The largest absolute Gasteiger partial charge is 0.495 e. The maximum Gasteiger partial charge on any atom is 0.233 e. The molecule has 0 radical (unpaired) electrons. The van der Waals surface area contributed by atoms with Crippen LogP contribution in [0.25, 0.3) is 16.9 Å². The van der Waals surface area contributed by atoms with Gasteiger partial charge in [-0.15, -0.1) is 0 Å². The van der Waals surface area contributed by atoms with Crippen molar-refractivity contribution in [1.82, 2.24) is 14.9 Å². The minimum Gasteiger partial charge on any atom is -0.495 e. The summed E-state index contributed by atoms with van der Waals surface area (Å²) < 4.78 is 7.66. The Balaban J connectivity index is 1.74. The minimum atomic E-state index is -0.236. The van der Waals surface area contributed by atoms with Gasteiger partial charge in [0.2, 0.25) is 5.91 Å². The van der Waals surface area contributed by atoms with Gasteiger partial charge in [0.25, 0.3) is 0 Å². The standard InChI is InChI=1S/C22H23N3O2S/c1-15(21(26)24-17-12-13-17)28-22-23-14-19(16-8-4-3-5-9-16)25(22)18-10-6-7-11-20(18)27-2/h3-11,14-15,17H,12-13H2,1-2H3,(H,24,26)/t15-/m1/s1. The Kier molecular flexibility index (Phi) is 5.39. The van der Waals surface area contributed by atoms with Crippen molar-refractivity contribution in [3.05, 3.63) is 60.8 Å². The molecule has 5 nitrogen and oxygen atoms in total. The highest BCUT2D eigenvalue weighted by atomic mass is 32.2. The van der Waals surface area contributed by atoms with Crippen LogP contribution in [-0.2, 0) is 4.79 Å². The summed E-state index contributed by atoms with van der Waals surface area (Å²) in [5.74, 6) is 0.818. The van der Waals surface area contributed by atoms with Gasteiger partial charge in [0.15, 0.2) is 5.16 Å². The molecule has 3 aromatic rings. The summed E-state index contributed by atoms with van der Waals surface area (Å²) >= 11 is 1.46. The Morgan fingerprint density at radius 1 is 1.18 bits per heavy atom. The van der Waals surface area contributed by atoms with Gasteiger partial charge >= 0.3 is 0 Å². The molecule has 144 valence electrons. The number of carbonyl (C=O) groups excluding carboxylic acids is 1. The first kappa shape index (κ1) is 18.6. The number of amides is 1. The van der Waals surface area contributed by atoms with Crippen LogP contribution in [0.2, 0.25) is 0 Å². The molecule has 1 amide bonds. The summed E-state index contributed by atoms with van der Waals surface area (Å²) in [4.78, 5) is 17.1. The summed E-state index contributed by atoms with van der Waals surface area (Å²) in [7, 11) is 1.66. The van der Waals surface area contributed by atoms with E-state index >= 15 is 0 Å². The topological polar surface area (TPSA) is 56.2 Å². The van der Waals surface area contributed by atoms with Crippen molar-refractivity contribution in [2.24, 2.45) is 0 Å². The number of ether oxygens (including phenoxy) is 1. The van der Waals surface area contributed by atoms with E-state index in [1.807, 2.05) is 55.6 Å². The van der Waals surface area contributed by atoms with Crippen molar-refractivity contribution in [2.75, 3.05) is 7.11 Å². The maximum absolute atomic E-state index is 12.5. The molecule has 0 spiro atoms. The van der Waals surface area contributed by atoms with E-state index < -0.39 is 0 Å². The van der Waals surface area contributed by atoms with E-state index in [0.29, 0.717) is 6.04 Å². The lowest BCUT2D eigenvalue weighted by Gasteiger charge is -2.17. The fourth-order valence-corrected chi connectivity index (χ4v) is 3.94. The number of para-hydroxylation sites is 2. The molecule has 1 N–H and O–H groups in total. The fourth-order valence-electron chi connectivity index (χ4n) is 3.04. The number of benzene rings is 2. The smallest absolute Gasteiger partial charge is 0.233 e. The Morgan fingerprint density at radius 3 is 2.61 bits per heavy atom. The number of aromatic nitrogens is 2. The van der Waals surface area contributed by atoms with E-state index in [9.17, 15) is 4.79 Å². The molecule has 0 bridgehead atoms. The molecule has 0 saturated heterocycles. The van der Waals surface area contributed by atoms with E-state index in [1.165, 1.54) is 11.8 Å². The lowest BCUT2D eigenvalue weighted by atomic mass is 10.1. The third-order valence-electron chi connectivity index (χ3n) is 4.70. The number of nitrogens with one attached hydrogen (secondary N) is 1. The molecule has 0 unspecified atom stereocenters. The van der Waals surface area contributed by atoms with E-state index in [4.69, 9.17) is 4.74 Å². The van der Waals surface area contributed by atoms with Gasteiger partial charge in [-0.05, 0) is 31.9 Å². The van der Waals surface area contributed by atoms with Gasteiger partial charge in [0.05, 0.1) is 29.9 Å². The van der Waals surface area contributed by atoms with Gasteiger partial charge in [-0.25, -0.2) is 4.98 Å². The van der Waals surface area contributed by atoms with Gasteiger partial charge in [-0.3, -0.25) is 9.36 Å². The predicted octanol–water partition coefficient (Wildman–Crippen LogP) is 4.31. The van der Waals surface area contributed by atoms with Gasteiger partial charge in [0, 0.05) is 11.6 Å². The molecule has 1 aliphatic carbocycles. The fraction of sp³-hybridized carbons (Fsp3) is 0.273. The average Bonchev–Trinajstić information content (AvgIpc) is 3.45. The third-order valence-corrected chi connectivity index (χ3v) is 5.77. The summed E-state index contributed by atoms with van der Waals surface area (Å²) in [6, 6.07) is 18.3. The van der Waals surface area contributed by atoms with Crippen LogP contribution >= 0.6 is 11.8 Å². The zero-order chi connectivity index (χ0) is 19.5. The Labute approximate surface area is 169 Å². The van der Waals surface area contributed by atoms with Gasteiger partial charge in [-0.1, -0.05) is 54.2 Å². The van der Waals surface area contributed by atoms with Crippen LogP contribution in [0.5, 0.6) is 5.75 Å². The molecule has 1 heterocycles. The van der Waals surface area contributed by atoms with Gasteiger partial charge in [-0.2, -0.15) is 0 Å². The van der Waals surface area contributed by atoms with Crippen LogP contribution in [0, 0.1) is 0 Å². The molecule has 1 fully saturated rings. The Bertz CT molecular complexity index is 967. The van der Waals surface area contributed by atoms with Gasteiger partial charge in [0.1, 0.15) is 5.75 Å². The van der Waals surface area contributed by atoms with Crippen LogP contribution in [-0.4, -0.2) is 33.9 Å². The number of hydrogen-bond donors (Lipinski definition) is 1. The number of nitrogens with zero attached hydrogens (tertiary/aromatic N) is 2. The molecular weight excluding hydrogens is 370 g/mol. The third kappa shape index (κ3) is 3.92. The van der Waals surface area contributed by atoms with E-state index in [1.54, 1.807) is 7.11 Å².